The van der Waals surface area contributed by atoms with Crippen molar-refractivity contribution in [1.82, 2.24) is 4.31 Å². The van der Waals surface area contributed by atoms with Gasteiger partial charge in [0.25, 0.3) is 0 Å². The number of rotatable bonds is 5. The standard InChI is InChI=1S/C18H29NO3S/c1-7-19(11-17-9-8-10-22-17)23(20,21)18-15(5)13(3)12(2)14(4)16(18)6/h17H,7-11H2,1-6H3. The Kier molecular flexibility index (Phi) is 5.54. The molecule has 4 nitrogen and oxygen atoms in total. The molecule has 1 heterocycles. The summed E-state index contributed by atoms with van der Waals surface area (Å²) in [7, 11) is -3.51. The van der Waals surface area contributed by atoms with E-state index < -0.39 is 10.0 Å². The first-order chi connectivity index (χ1) is 10.7. The molecule has 0 N–H and O–H groups in total. The maximum Gasteiger partial charge on any atom is 0.243 e. The number of benzene rings is 1. The summed E-state index contributed by atoms with van der Waals surface area (Å²) in [6.07, 6.45) is 1.98. The van der Waals surface area contributed by atoms with Crippen molar-refractivity contribution in [3.05, 3.63) is 27.8 Å². The summed E-state index contributed by atoms with van der Waals surface area (Å²) in [4.78, 5) is 0.484. The number of hydrogen-bond acceptors (Lipinski definition) is 3. The van der Waals surface area contributed by atoms with E-state index in [1.54, 1.807) is 4.31 Å². The van der Waals surface area contributed by atoms with E-state index in [0.717, 1.165) is 41.7 Å². The van der Waals surface area contributed by atoms with Crippen LogP contribution < -0.4 is 0 Å². The second-order valence-corrected chi connectivity index (χ2v) is 8.42. The van der Waals surface area contributed by atoms with E-state index in [0.29, 0.717) is 18.0 Å². The van der Waals surface area contributed by atoms with Gasteiger partial charge < -0.3 is 4.74 Å². The van der Waals surface area contributed by atoms with E-state index in [4.69, 9.17) is 4.74 Å². The summed E-state index contributed by atoms with van der Waals surface area (Å²) in [5, 5.41) is 0. The first-order valence-electron chi connectivity index (χ1n) is 8.40. The van der Waals surface area contributed by atoms with Gasteiger partial charge in [-0.25, -0.2) is 8.42 Å². The maximum absolute atomic E-state index is 13.3. The summed E-state index contributed by atoms with van der Waals surface area (Å²) in [5.74, 6) is 0. The van der Waals surface area contributed by atoms with Crippen molar-refractivity contribution in [2.75, 3.05) is 19.7 Å². The van der Waals surface area contributed by atoms with Crippen molar-refractivity contribution in [2.24, 2.45) is 0 Å². The molecule has 0 amide bonds. The molecule has 2 rings (SSSR count). The molecule has 0 saturated carbocycles. The minimum atomic E-state index is -3.51. The summed E-state index contributed by atoms with van der Waals surface area (Å²) >= 11 is 0. The largest absolute Gasteiger partial charge is 0.377 e. The first-order valence-corrected chi connectivity index (χ1v) is 9.84. The Bertz CT molecular complexity index is 660. The summed E-state index contributed by atoms with van der Waals surface area (Å²) < 4.78 is 33.8. The second kappa shape index (κ2) is 6.91. The molecule has 23 heavy (non-hydrogen) atoms. The van der Waals surface area contributed by atoms with Crippen LogP contribution in [0.15, 0.2) is 4.90 Å². The lowest BCUT2D eigenvalue weighted by atomic mass is 9.95. The van der Waals surface area contributed by atoms with Gasteiger partial charge in [-0.15, -0.1) is 0 Å². The number of sulfonamides is 1. The van der Waals surface area contributed by atoms with E-state index >= 15 is 0 Å². The minimum absolute atomic E-state index is 0.0259. The van der Waals surface area contributed by atoms with Gasteiger partial charge >= 0.3 is 0 Å². The molecule has 1 aromatic rings. The molecule has 1 atom stereocenters. The van der Waals surface area contributed by atoms with Crippen molar-refractivity contribution in [2.45, 2.75) is 65.4 Å². The summed E-state index contributed by atoms with van der Waals surface area (Å²) in [5.41, 5.74) is 5.06. The third-order valence-corrected chi connectivity index (χ3v) is 7.53. The van der Waals surface area contributed by atoms with Crippen LogP contribution in [-0.2, 0) is 14.8 Å². The Labute approximate surface area is 140 Å². The molecule has 0 aliphatic carbocycles. The zero-order valence-electron chi connectivity index (χ0n) is 15.2. The molecule has 0 bridgehead atoms. The van der Waals surface area contributed by atoms with Gasteiger partial charge in [0, 0.05) is 19.7 Å². The van der Waals surface area contributed by atoms with Crippen molar-refractivity contribution in [1.29, 1.82) is 0 Å². The van der Waals surface area contributed by atoms with Crippen LogP contribution >= 0.6 is 0 Å². The van der Waals surface area contributed by atoms with Crippen LogP contribution in [-0.4, -0.2) is 38.5 Å². The quantitative estimate of drug-likeness (QED) is 0.826. The average Bonchev–Trinajstić information content (AvgIpc) is 3.01. The third-order valence-electron chi connectivity index (χ3n) is 5.31. The first kappa shape index (κ1) is 18.4. The predicted octanol–water partition coefficient (Wildman–Crippen LogP) is 3.42. The number of nitrogens with zero attached hydrogens (tertiary/aromatic N) is 1. The molecule has 5 heteroatoms. The highest BCUT2D eigenvalue weighted by atomic mass is 32.2. The van der Waals surface area contributed by atoms with E-state index in [9.17, 15) is 8.42 Å². The van der Waals surface area contributed by atoms with Crippen LogP contribution in [0.25, 0.3) is 0 Å². The molecule has 130 valence electrons. The number of likely N-dealkylation sites (N-methyl/N-ethyl adjacent to an activating group) is 1. The Morgan fingerprint density at radius 1 is 1.00 bits per heavy atom. The summed E-state index contributed by atoms with van der Waals surface area (Å²) in [6, 6.07) is 0. The summed E-state index contributed by atoms with van der Waals surface area (Å²) in [6.45, 7) is 13.5. The van der Waals surface area contributed by atoms with Gasteiger partial charge in [-0.1, -0.05) is 6.92 Å². The van der Waals surface area contributed by atoms with E-state index in [-0.39, 0.29) is 6.10 Å². The molecule has 0 radical (unpaired) electrons. The monoisotopic (exact) mass is 339 g/mol. The fourth-order valence-corrected chi connectivity index (χ4v) is 5.43. The van der Waals surface area contributed by atoms with Gasteiger partial charge in [-0.05, 0) is 75.3 Å². The van der Waals surface area contributed by atoms with Gasteiger partial charge in [0.1, 0.15) is 0 Å². The van der Waals surface area contributed by atoms with Gasteiger partial charge in [-0.2, -0.15) is 4.31 Å². The molecule has 1 aliphatic rings. The second-order valence-electron chi connectivity index (χ2n) is 6.54. The zero-order chi connectivity index (χ0) is 17.4. The molecule has 1 aliphatic heterocycles. The normalized spacial score (nSPS) is 18.8. The smallest absolute Gasteiger partial charge is 0.243 e. The predicted molar refractivity (Wildman–Crippen MR) is 93.5 cm³/mol. The lowest BCUT2D eigenvalue weighted by molar-refractivity contribution is 0.0946. The van der Waals surface area contributed by atoms with Gasteiger partial charge in [0.05, 0.1) is 11.0 Å². The molecule has 1 unspecified atom stereocenters. The van der Waals surface area contributed by atoms with Crippen molar-refractivity contribution < 1.29 is 13.2 Å². The molecular formula is C18H29NO3S. The van der Waals surface area contributed by atoms with Crippen molar-refractivity contribution >= 4 is 10.0 Å². The zero-order valence-corrected chi connectivity index (χ0v) is 16.0. The van der Waals surface area contributed by atoms with Gasteiger partial charge in [0.2, 0.25) is 10.0 Å². The third kappa shape index (κ3) is 3.32. The fraction of sp³-hybridized carbons (Fsp3) is 0.667. The van der Waals surface area contributed by atoms with Crippen LogP contribution in [0.1, 0.15) is 47.6 Å². The lowest BCUT2D eigenvalue weighted by Gasteiger charge is -2.27. The molecule has 0 aromatic heterocycles. The fourth-order valence-electron chi connectivity index (χ4n) is 3.39. The van der Waals surface area contributed by atoms with E-state index in [1.807, 2.05) is 34.6 Å². The Morgan fingerprint density at radius 2 is 1.52 bits per heavy atom. The van der Waals surface area contributed by atoms with Gasteiger partial charge in [-0.3, -0.25) is 0 Å². The van der Waals surface area contributed by atoms with Crippen LogP contribution in [0.2, 0.25) is 0 Å². The number of hydrogen-bond donors (Lipinski definition) is 0. The van der Waals surface area contributed by atoms with E-state index in [1.165, 1.54) is 5.56 Å². The van der Waals surface area contributed by atoms with Crippen molar-refractivity contribution in [3.63, 3.8) is 0 Å². The van der Waals surface area contributed by atoms with Crippen LogP contribution in [0.5, 0.6) is 0 Å². The Balaban J connectivity index is 2.49. The Morgan fingerprint density at radius 3 is 1.96 bits per heavy atom. The minimum Gasteiger partial charge on any atom is -0.377 e. The highest BCUT2D eigenvalue weighted by Crippen LogP contribution is 2.32. The van der Waals surface area contributed by atoms with E-state index in [2.05, 4.69) is 6.92 Å². The highest BCUT2D eigenvalue weighted by Gasteiger charge is 2.31. The molecular weight excluding hydrogens is 310 g/mol. The van der Waals surface area contributed by atoms with Crippen LogP contribution in [0.4, 0.5) is 0 Å². The van der Waals surface area contributed by atoms with Gasteiger partial charge in [0.15, 0.2) is 0 Å². The number of ether oxygens (including phenoxy) is 1. The molecule has 1 saturated heterocycles. The van der Waals surface area contributed by atoms with Crippen molar-refractivity contribution in [3.8, 4) is 0 Å². The van der Waals surface area contributed by atoms with Crippen LogP contribution in [0, 0.1) is 34.6 Å². The average molecular weight is 340 g/mol. The SMILES string of the molecule is CCN(CC1CCCO1)S(=O)(=O)c1c(C)c(C)c(C)c(C)c1C. The molecule has 1 fully saturated rings. The topological polar surface area (TPSA) is 46.6 Å². The maximum atomic E-state index is 13.3. The Hall–Kier alpha value is -0.910. The van der Waals surface area contributed by atoms with Crippen LogP contribution in [0.3, 0.4) is 0 Å². The molecule has 0 spiro atoms. The lowest BCUT2D eigenvalue weighted by Crippen LogP contribution is -2.38. The highest BCUT2D eigenvalue weighted by molar-refractivity contribution is 7.89. The molecule has 1 aromatic carbocycles.